The highest BCUT2D eigenvalue weighted by Crippen LogP contribution is 2.32. The summed E-state index contributed by atoms with van der Waals surface area (Å²) in [5.41, 5.74) is -0.485. The zero-order valence-corrected chi connectivity index (χ0v) is 10.4. The molecular formula is C15H15FO2. The topological polar surface area (TPSA) is 29.5 Å². The Bertz CT molecular complexity index is 535. The van der Waals surface area contributed by atoms with E-state index in [1.807, 2.05) is 18.2 Å². The molecule has 1 unspecified atom stereocenters. The molecule has 0 bridgehead atoms. The zero-order chi connectivity index (χ0) is 13.2. The molecule has 3 heteroatoms. The summed E-state index contributed by atoms with van der Waals surface area (Å²) in [6.45, 7) is 1.58. The van der Waals surface area contributed by atoms with Crippen molar-refractivity contribution in [1.29, 1.82) is 0 Å². The standard InChI is InChI=1S/C15H15FO2/c1-15(17,11-6-4-3-5-7-11)13-9-8-12(18-2)10-14(13)16/h3-10,17H,1-2H3. The van der Waals surface area contributed by atoms with Crippen molar-refractivity contribution in [2.75, 3.05) is 7.11 Å². The van der Waals surface area contributed by atoms with Crippen LogP contribution in [0.5, 0.6) is 5.75 Å². The average molecular weight is 246 g/mol. The lowest BCUT2D eigenvalue weighted by Crippen LogP contribution is -2.24. The van der Waals surface area contributed by atoms with E-state index >= 15 is 0 Å². The predicted octanol–water partition coefficient (Wildman–Crippen LogP) is 3.09. The third-order valence-corrected chi connectivity index (χ3v) is 3.04. The molecule has 0 amide bonds. The molecule has 2 aromatic rings. The van der Waals surface area contributed by atoms with Crippen molar-refractivity contribution in [1.82, 2.24) is 0 Å². The first-order valence-corrected chi connectivity index (χ1v) is 5.67. The maximum atomic E-state index is 14.0. The Balaban J connectivity index is 2.48. The van der Waals surface area contributed by atoms with Crippen LogP contribution in [0.1, 0.15) is 18.1 Å². The van der Waals surface area contributed by atoms with Gasteiger partial charge in [-0.15, -0.1) is 0 Å². The summed E-state index contributed by atoms with van der Waals surface area (Å²) < 4.78 is 18.9. The molecule has 1 N–H and O–H groups in total. The molecule has 0 aromatic heterocycles. The number of benzene rings is 2. The maximum absolute atomic E-state index is 14.0. The summed E-state index contributed by atoms with van der Waals surface area (Å²) in [4.78, 5) is 0. The number of methoxy groups -OCH3 is 1. The van der Waals surface area contributed by atoms with E-state index in [4.69, 9.17) is 4.74 Å². The fourth-order valence-electron chi connectivity index (χ4n) is 1.94. The molecule has 94 valence electrons. The molecule has 2 rings (SSSR count). The summed E-state index contributed by atoms with van der Waals surface area (Å²) in [6.07, 6.45) is 0. The third-order valence-electron chi connectivity index (χ3n) is 3.04. The molecule has 0 saturated heterocycles. The lowest BCUT2D eigenvalue weighted by molar-refractivity contribution is 0.0978. The highest BCUT2D eigenvalue weighted by Gasteiger charge is 2.28. The molecule has 0 aliphatic rings. The second kappa shape index (κ2) is 4.78. The Morgan fingerprint density at radius 1 is 1.11 bits per heavy atom. The molecule has 18 heavy (non-hydrogen) atoms. The summed E-state index contributed by atoms with van der Waals surface area (Å²) >= 11 is 0. The van der Waals surface area contributed by atoms with Crippen molar-refractivity contribution in [3.63, 3.8) is 0 Å². The van der Waals surface area contributed by atoms with E-state index in [1.165, 1.54) is 13.2 Å². The lowest BCUT2D eigenvalue weighted by atomic mass is 9.88. The normalized spacial score (nSPS) is 14.0. The van der Waals surface area contributed by atoms with E-state index in [2.05, 4.69) is 0 Å². The zero-order valence-electron chi connectivity index (χ0n) is 10.4. The van der Waals surface area contributed by atoms with E-state index < -0.39 is 11.4 Å². The van der Waals surface area contributed by atoms with Gasteiger partial charge in [0.05, 0.1) is 7.11 Å². The smallest absolute Gasteiger partial charge is 0.133 e. The Morgan fingerprint density at radius 2 is 1.78 bits per heavy atom. The second-order valence-corrected chi connectivity index (χ2v) is 4.28. The first-order valence-electron chi connectivity index (χ1n) is 5.67. The molecule has 0 fully saturated rings. The molecule has 2 nitrogen and oxygen atoms in total. The van der Waals surface area contributed by atoms with Crippen LogP contribution in [0.25, 0.3) is 0 Å². The molecule has 0 spiro atoms. The minimum absolute atomic E-state index is 0.231. The molecule has 0 aliphatic heterocycles. The van der Waals surface area contributed by atoms with Crippen LogP contribution in [0, 0.1) is 5.82 Å². The molecule has 2 aromatic carbocycles. The van der Waals surface area contributed by atoms with Crippen LogP contribution < -0.4 is 4.74 Å². The summed E-state index contributed by atoms with van der Waals surface area (Å²) in [5.74, 6) is -0.0525. The van der Waals surface area contributed by atoms with Gasteiger partial charge in [0, 0.05) is 11.6 Å². The molecule has 1 atom stereocenters. The Morgan fingerprint density at radius 3 is 2.33 bits per heavy atom. The SMILES string of the molecule is COc1ccc(C(C)(O)c2ccccc2)c(F)c1. The number of hydrogen-bond acceptors (Lipinski definition) is 2. The molecule has 0 aliphatic carbocycles. The summed E-state index contributed by atoms with van der Waals surface area (Å²) in [7, 11) is 1.48. The van der Waals surface area contributed by atoms with Crippen LogP contribution >= 0.6 is 0 Å². The van der Waals surface area contributed by atoms with Crippen molar-refractivity contribution in [2.24, 2.45) is 0 Å². The van der Waals surface area contributed by atoms with Gasteiger partial charge in [0.15, 0.2) is 0 Å². The van der Waals surface area contributed by atoms with Gasteiger partial charge in [-0.1, -0.05) is 30.3 Å². The molecule has 0 heterocycles. The van der Waals surface area contributed by atoms with Crippen molar-refractivity contribution in [2.45, 2.75) is 12.5 Å². The Hall–Kier alpha value is -1.87. The minimum atomic E-state index is -1.36. The highest BCUT2D eigenvalue weighted by molar-refractivity contribution is 5.39. The second-order valence-electron chi connectivity index (χ2n) is 4.28. The monoisotopic (exact) mass is 246 g/mol. The lowest BCUT2D eigenvalue weighted by Gasteiger charge is -2.25. The van der Waals surface area contributed by atoms with E-state index in [0.717, 1.165) is 0 Å². The summed E-state index contributed by atoms with van der Waals surface area (Å²) in [6, 6.07) is 13.5. The van der Waals surface area contributed by atoms with Crippen LogP contribution in [0.3, 0.4) is 0 Å². The van der Waals surface area contributed by atoms with Gasteiger partial charge in [-0.05, 0) is 24.6 Å². The third kappa shape index (κ3) is 2.22. The van der Waals surface area contributed by atoms with Gasteiger partial charge in [-0.25, -0.2) is 4.39 Å². The van der Waals surface area contributed by atoms with Gasteiger partial charge in [-0.3, -0.25) is 0 Å². The van der Waals surface area contributed by atoms with E-state index in [-0.39, 0.29) is 5.56 Å². The molecule has 0 radical (unpaired) electrons. The van der Waals surface area contributed by atoms with Crippen molar-refractivity contribution in [3.05, 3.63) is 65.5 Å². The fraction of sp³-hybridized carbons (Fsp3) is 0.200. The Labute approximate surface area is 106 Å². The van der Waals surface area contributed by atoms with Gasteiger partial charge in [0.25, 0.3) is 0 Å². The van der Waals surface area contributed by atoms with E-state index in [0.29, 0.717) is 11.3 Å². The quantitative estimate of drug-likeness (QED) is 0.901. The van der Waals surface area contributed by atoms with E-state index in [1.54, 1.807) is 31.2 Å². The number of rotatable bonds is 3. The van der Waals surface area contributed by atoms with Crippen LogP contribution in [0.2, 0.25) is 0 Å². The van der Waals surface area contributed by atoms with Crippen molar-refractivity contribution >= 4 is 0 Å². The van der Waals surface area contributed by atoms with Crippen LogP contribution in [-0.2, 0) is 5.60 Å². The minimum Gasteiger partial charge on any atom is -0.497 e. The largest absolute Gasteiger partial charge is 0.497 e. The van der Waals surface area contributed by atoms with Gasteiger partial charge in [0.2, 0.25) is 0 Å². The van der Waals surface area contributed by atoms with Gasteiger partial charge in [-0.2, -0.15) is 0 Å². The van der Waals surface area contributed by atoms with Crippen LogP contribution in [0.4, 0.5) is 4.39 Å². The molecular weight excluding hydrogens is 231 g/mol. The Kier molecular flexibility index (Phi) is 3.34. The highest BCUT2D eigenvalue weighted by atomic mass is 19.1. The van der Waals surface area contributed by atoms with Gasteiger partial charge < -0.3 is 9.84 Å². The predicted molar refractivity (Wildman–Crippen MR) is 68.1 cm³/mol. The van der Waals surface area contributed by atoms with Gasteiger partial charge >= 0.3 is 0 Å². The number of hydrogen-bond donors (Lipinski definition) is 1. The van der Waals surface area contributed by atoms with Crippen molar-refractivity contribution in [3.8, 4) is 5.75 Å². The fourth-order valence-corrected chi connectivity index (χ4v) is 1.94. The van der Waals surface area contributed by atoms with Crippen LogP contribution in [0.15, 0.2) is 48.5 Å². The number of aliphatic hydroxyl groups is 1. The average Bonchev–Trinajstić information content (AvgIpc) is 2.39. The first kappa shape index (κ1) is 12.6. The number of ether oxygens (including phenoxy) is 1. The van der Waals surface area contributed by atoms with Gasteiger partial charge in [0.1, 0.15) is 17.2 Å². The van der Waals surface area contributed by atoms with E-state index in [9.17, 15) is 9.50 Å². The number of halogens is 1. The van der Waals surface area contributed by atoms with Crippen LogP contribution in [-0.4, -0.2) is 12.2 Å². The maximum Gasteiger partial charge on any atom is 0.133 e. The summed E-state index contributed by atoms with van der Waals surface area (Å²) in [5, 5.41) is 10.5. The first-order chi connectivity index (χ1) is 8.55. The van der Waals surface area contributed by atoms with Crippen molar-refractivity contribution < 1.29 is 14.2 Å². The molecule has 0 saturated carbocycles.